The van der Waals surface area contributed by atoms with Crippen LogP contribution < -0.4 is 14.4 Å². The summed E-state index contributed by atoms with van der Waals surface area (Å²) in [7, 11) is 0. The fraction of sp³-hybridized carbons (Fsp3) is 0.0909. The minimum atomic E-state index is 0.227. The SMILES string of the molecule is CCOc1ccccc1-c1ccc2nc(N)nc(N(Br)c3ccccc3)c2c1. The summed E-state index contributed by atoms with van der Waals surface area (Å²) in [6.07, 6.45) is 0. The average Bonchev–Trinajstić information content (AvgIpc) is 2.73. The molecule has 6 heteroatoms. The zero-order valence-corrected chi connectivity index (χ0v) is 16.9. The standard InChI is InChI=1S/C22H19BrN4O/c1-2-28-20-11-7-6-10-17(20)15-12-13-19-18(14-15)21(26-22(24)25-19)27(23)16-8-4-3-5-9-16/h3-14H,2H2,1H3,(H2,24,25,26). The van der Waals surface area contributed by atoms with Crippen molar-refractivity contribution < 1.29 is 4.74 Å². The fourth-order valence-corrected chi connectivity index (χ4v) is 3.62. The molecule has 1 heterocycles. The molecule has 1 aromatic heterocycles. The van der Waals surface area contributed by atoms with Crippen molar-refractivity contribution in [3.8, 4) is 16.9 Å². The highest BCUT2D eigenvalue weighted by Crippen LogP contribution is 2.37. The first-order chi connectivity index (χ1) is 13.7. The van der Waals surface area contributed by atoms with Gasteiger partial charge in [-0.05, 0) is 42.8 Å². The Morgan fingerprint density at radius 2 is 1.71 bits per heavy atom. The van der Waals surface area contributed by atoms with Crippen molar-refractivity contribution in [2.45, 2.75) is 6.92 Å². The molecule has 0 bridgehead atoms. The second kappa shape index (κ2) is 7.86. The van der Waals surface area contributed by atoms with Gasteiger partial charge in [-0.2, -0.15) is 4.98 Å². The summed E-state index contributed by atoms with van der Waals surface area (Å²) in [5.41, 5.74) is 9.74. The number of fused-ring (bicyclic) bond motifs is 1. The predicted molar refractivity (Wildman–Crippen MR) is 118 cm³/mol. The van der Waals surface area contributed by atoms with E-state index in [2.05, 4.69) is 32.2 Å². The van der Waals surface area contributed by atoms with Gasteiger partial charge in [-0.25, -0.2) is 4.98 Å². The number of hydrogen-bond acceptors (Lipinski definition) is 5. The van der Waals surface area contributed by atoms with Crippen LogP contribution in [0.4, 0.5) is 17.5 Å². The maximum Gasteiger partial charge on any atom is 0.222 e. The van der Waals surface area contributed by atoms with Crippen molar-refractivity contribution in [2.24, 2.45) is 0 Å². The number of para-hydroxylation sites is 2. The number of anilines is 3. The first-order valence-corrected chi connectivity index (χ1v) is 9.68. The average molecular weight is 435 g/mol. The molecule has 0 aliphatic heterocycles. The molecule has 0 radical (unpaired) electrons. The van der Waals surface area contributed by atoms with Crippen LogP contribution in [0.1, 0.15) is 6.92 Å². The molecule has 3 aromatic carbocycles. The topological polar surface area (TPSA) is 64.3 Å². The van der Waals surface area contributed by atoms with E-state index in [9.17, 15) is 0 Å². The lowest BCUT2D eigenvalue weighted by Crippen LogP contribution is -2.07. The molecule has 140 valence electrons. The van der Waals surface area contributed by atoms with Gasteiger partial charge >= 0.3 is 0 Å². The van der Waals surface area contributed by atoms with Crippen molar-refractivity contribution in [1.82, 2.24) is 9.97 Å². The van der Waals surface area contributed by atoms with Gasteiger partial charge in [-0.15, -0.1) is 0 Å². The normalized spacial score (nSPS) is 10.8. The van der Waals surface area contributed by atoms with E-state index in [-0.39, 0.29) is 5.95 Å². The quantitative estimate of drug-likeness (QED) is 0.406. The monoisotopic (exact) mass is 434 g/mol. The summed E-state index contributed by atoms with van der Waals surface area (Å²) in [5.74, 6) is 1.76. The van der Waals surface area contributed by atoms with Gasteiger partial charge in [0.15, 0.2) is 5.82 Å². The van der Waals surface area contributed by atoms with Gasteiger partial charge in [0.25, 0.3) is 0 Å². The molecular formula is C22H19BrN4O. The van der Waals surface area contributed by atoms with Crippen LogP contribution in [0.3, 0.4) is 0 Å². The Balaban J connectivity index is 1.89. The summed E-state index contributed by atoms with van der Waals surface area (Å²) in [4.78, 5) is 8.88. The van der Waals surface area contributed by atoms with Crippen LogP contribution >= 0.6 is 16.1 Å². The first-order valence-electron chi connectivity index (χ1n) is 8.98. The number of halogens is 1. The zero-order valence-electron chi connectivity index (χ0n) is 15.3. The number of ether oxygens (including phenoxy) is 1. The Morgan fingerprint density at radius 3 is 2.50 bits per heavy atom. The molecule has 28 heavy (non-hydrogen) atoms. The third kappa shape index (κ3) is 3.51. The second-order valence-electron chi connectivity index (χ2n) is 6.18. The number of nitrogens with two attached hydrogens (primary N) is 1. The molecule has 0 spiro atoms. The van der Waals surface area contributed by atoms with Crippen molar-refractivity contribution in [1.29, 1.82) is 0 Å². The lowest BCUT2D eigenvalue weighted by atomic mass is 10.0. The zero-order chi connectivity index (χ0) is 19.5. The molecule has 2 N–H and O–H groups in total. The highest BCUT2D eigenvalue weighted by molar-refractivity contribution is 9.10. The van der Waals surface area contributed by atoms with E-state index in [0.717, 1.165) is 33.5 Å². The number of hydrogen-bond donors (Lipinski definition) is 1. The summed E-state index contributed by atoms with van der Waals surface area (Å²) >= 11 is 3.63. The summed E-state index contributed by atoms with van der Waals surface area (Å²) in [6, 6.07) is 24.0. The minimum absolute atomic E-state index is 0.227. The van der Waals surface area contributed by atoms with Crippen LogP contribution in [0.2, 0.25) is 0 Å². The summed E-state index contributed by atoms with van der Waals surface area (Å²) < 4.78 is 7.64. The van der Waals surface area contributed by atoms with Gasteiger partial charge in [0.1, 0.15) is 5.75 Å². The van der Waals surface area contributed by atoms with Crippen LogP contribution in [0, 0.1) is 0 Å². The van der Waals surface area contributed by atoms with Crippen molar-refractivity contribution in [2.75, 3.05) is 16.3 Å². The van der Waals surface area contributed by atoms with E-state index in [1.54, 1.807) is 0 Å². The van der Waals surface area contributed by atoms with Gasteiger partial charge in [0.05, 0.1) is 34.0 Å². The third-order valence-corrected chi connectivity index (χ3v) is 5.11. The van der Waals surface area contributed by atoms with Crippen molar-refractivity contribution in [3.63, 3.8) is 0 Å². The molecule has 0 aliphatic carbocycles. The van der Waals surface area contributed by atoms with Gasteiger partial charge in [-0.3, -0.25) is 3.93 Å². The van der Waals surface area contributed by atoms with E-state index in [0.29, 0.717) is 12.4 Å². The summed E-state index contributed by atoms with van der Waals surface area (Å²) in [5, 5.41) is 0.888. The molecule has 0 unspecified atom stereocenters. The maximum absolute atomic E-state index is 5.96. The van der Waals surface area contributed by atoms with Crippen molar-refractivity contribution >= 4 is 44.5 Å². The van der Waals surface area contributed by atoms with Crippen LogP contribution in [-0.4, -0.2) is 16.6 Å². The van der Waals surface area contributed by atoms with Crippen LogP contribution in [0.25, 0.3) is 22.0 Å². The highest BCUT2D eigenvalue weighted by atomic mass is 79.9. The second-order valence-corrected chi connectivity index (χ2v) is 6.89. The Bertz CT molecular complexity index is 1120. The van der Waals surface area contributed by atoms with Crippen LogP contribution in [0.5, 0.6) is 5.75 Å². The molecule has 4 aromatic rings. The molecule has 0 saturated carbocycles. The molecule has 0 atom stereocenters. The minimum Gasteiger partial charge on any atom is -0.493 e. The molecule has 0 aliphatic rings. The summed E-state index contributed by atoms with van der Waals surface area (Å²) in [6.45, 7) is 2.59. The maximum atomic E-state index is 5.96. The van der Waals surface area contributed by atoms with Gasteiger partial charge in [-0.1, -0.05) is 42.5 Å². The van der Waals surface area contributed by atoms with Gasteiger partial charge in [0.2, 0.25) is 5.95 Å². The predicted octanol–water partition coefficient (Wildman–Crippen LogP) is 5.73. The Hall–Kier alpha value is -3.12. The number of rotatable bonds is 5. The smallest absolute Gasteiger partial charge is 0.222 e. The Labute approximate surface area is 172 Å². The Kier molecular flexibility index (Phi) is 5.12. The van der Waals surface area contributed by atoms with E-state index in [1.165, 1.54) is 0 Å². The van der Waals surface area contributed by atoms with E-state index >= 15 is 0 Å². The number of benzene rings is 3. The first kappa shape index (κ1) is 18.3. The lowest BCUT2D eigenvalue weighted by molar-refractivity contribution is 0.341. The molecule has 0 fully saturated rings. The number of nitrogen functional groups attached to an aromatic ring is 1. The molecule has 4 rings (SSSR count). The van der Waals surface area contributed by atoms with E-state index in [4.69, 9.17) is 10.5 Å². The van der Waals surface area contributed by atoms with E-state index in [1.807, 2.05) is 77.6 Å². The molecule has 5 nitrogen and oxygen atoms in total. The fourth-order valence-electron chi connectivity index (χ4n) is 3.11. The Morgan fingerprint density at radius 1 is 0.964 bits per heavy atom. The molecule has 0 saturated heterocycles. The lowest BCUT2D eigenvalue weighted by Gasteiger charge is -2.18. The number of aromatic nitrogens is 2. The van der Waals surface area contributed by atoms with Crippen LogP contribution in [0.15, 0.2) is 72.8 Å². The van der Waals surface area contributed by atoms with Gasteiger partial charge < -0.3 is 10.5 Å². The highest BCUT2D eigenvalue weighted by Gasteiger charge is 2.15. The largest absolute Gasteiger partial charge is 0.493 e. The van der Waals surface area contributed by atoms with E-state index < -0.39 is 0 Å². The van der Waals surface area contributed by atoms with Crippen LogP contribution in [-0.2, 0) is 0 Å². The number of nitrogens with zero attached hydrogens (tertiary/aromatic N) is 3. The third-order valence-electron chi connectivity index (χ3n) is 4.36. The van der Waals surface area contributed by atoms with Crippen molar-refractivity contribution in [3.05, 3.63) is 72.8 Å². The van der Waals surface area contributed by atoms with Gasteiger partial charge in [0, 0.05) is 10.9 Å². The molecule has 0 amide bonds. The molecular weight excluding hydrogens is 416 g/mol.